The molecule has 2 N–H and O–H groups in total. The first kappa shape index (κ1) is 18.0. The van der Waals surface area contributed by atoms with E-state index in [0.717, 1.165) is 18.4 Å². The van der Waals surface area contributed by atoms with Crippen LogP contribution in [0.4, 0.5) is 0 Å². The van der Waals surface area contributed by atoms with Crippen molar-refractivity contribution in [2.24, 2.45) is 5.92 Å². The number of hydrogen-bond acceptors (Lipinski definition) is 4. The maximum atomic E-state index is 12.9. The van der Waals surface area contributed by atoms with E-state index in [1.165, 1.54) is 0 Å². The summed E-state index contributed by atoms with van der Waals surface area (Å²) >= 11 is 5.88. The van der Waals surface area contributed by atoms with Gasteiger partial charge in [-0.2, -0.15) is 5.10 Å². The number of aliphatic hydroxyl groups is 1. The molecule has 2 aliphatic carbocycles. The van der Waals surface area contributed by atoms with Crippen molar-refractivity contribution in [2.45, 2.75) is 55.2 Å². The third kappa shape index (κ3) is 3.81. The molecule has 0 bridgehead atoms. The number of sulfonamides is 1. The first-order valence-corrected chi connectivity index (χ1v) is 10.8. The van der Waals surface area contributed by atoms with Crippen LogP contribution < -0.4 is 4.72 Å². The Hall–Kier alpha value is -1.41. The van der Waals surface area contributed by atoms with Gasteiger partial charge in [0.1, 0.15) is 0 Å². The van der Waals surface area contributed by atoms with E-state index in [1.807, 2.05) is 12.1 Å². The van der Waals surface area contributed by atoms with Crippen LogP contribution in [-0.4, -0.2) is 35.5 Å². The summed E-state index contributed by atoms with van der Waals surface area (Å²) in [5, 5.41) is 15.1. The van der Waals surface area contributed by atoms with Gasteiger partial charge in [-0.1, -0.05) is 29.8 Å². The van der Waals surface area contributed by atoms with E-state index < -0.39 is 22.2 Å². The number of benzene rings is 1. The highest BCUT2D eigenvalue weighted by molar-refractivity contribution is 7.89. The molecule has 8 heteroatoms. The molecule has 140 valence electrons. The number of nitrogens with one attached hydrogen (secondary N) is 1. The average Bonchev–Trinajstić information content (AvgIpc) is 3.29. The second kappa shape index (κ2) is 6.96. The number of halogens is 1. The Bertz CT molecular complexity index is 895. The lowest BCUT2D eigenvalue weighted by Crippen LogP contribution is -2.40. The summed E-state index contributed by atoms with van der Waals surface area (Å²) in [4.78, 5) is 0.344. The smallest absolute Gasteiger partial charge is 0.241 e. The molecule has 1 aromatic heterocycles. The number of aliphatic hydroxyl groups excluding tert-OH is 1. The molecule has 2 fully saturated rings. The Morgan fingerprint density at radius 3 is 2.73 bits per heavy atom. The van der Waals surface area contributed by atoms with Crippen molar-refractivity contribution in [3.63, 3.8) is 0 Å². The lowest BCUT2D eigenvalue weighted by Gasteiger charge is -2.18. The van der Waals surface area contributed by atoms with E-state index in [9.17, 15) is 13.5 Å². The number of rotatable bonds is 6. The minimum absolute atomic E-state index is 0.146. The molecule has 0 aliphatic heterocycles. The Kier molecular flexibility index (Phi) is 4.81. The summed E-state index contributed by atoms with van der Waals surface area (Å²) in [6.45, 7) is 0.612. The molecule has 1 heterocycles. The van der Waals surface area contributed by atoms with Crippen molar-refractivity contribution in [2.75, 3.05) is 0 Å². The van der Waals surface area contributed by atoms with E-state index in [-0.39, 0.29) is 5.92 Å². The molecule has 4 rings (SSSR count). The minimum atomic E-state index is -3.66. The van der Waals surface area contributed by atoms with Gasteiger partial charge in [0, 0.05) is 18.8 Å². The summed E-state index contributed by atoms with van der Waals surface area (Å²) in [5.41, 5.74) is 0.884. The Balaban J connectivity index is 1.46. The van der Waals surface area contributed by atoms with Crippen LogP contribution in [0.2, 0.25) is 5.02 Å². The maximum absolute atomic E-state index is 12.9. The van der Waals surface area contributed by atoms with Gasteiger partial charge in [0.25, 0.3) is 0 Å². The number of aromatic nitrogens is 2. The highest BCUT2D eigenvalue weighted by Crippen LogP contribution is 2.43. The van der Waals surface area contributed by atoms with Crippen molar-refractivity contribution in [1.82, 2.24) is 14.5 Å². The molecular formula is C18H22ClN3O3S. The van der Waals surface area contributed by atoms with Gasteiger partial charge < -0.3 is 5.11 Å². The normalized spacial score (nSPS) is 26.3. The molecule has 3 atom stereocenters. The standard InChI is InChI=1S/C18H22ClN3O3S/c19-14-9-20-22(11-14)10-12-7-16(17(23)8-12)21-26(24,25)18-4-2-1-3-15(18)13-5-6-13/h1-4,9,11-13,16-17,21,23H,5-8,10H2/t12?,16-,17-/m1/s1. The lowest BCUT2D eigenvalue weighted by molar-refractivity contribution is 0.154. The van der Waals surface area contributed by atoms with Crippen molar-refractivity contribution in [1.29, 1.82) is 0 Å². The molecule has 0 saturated heterocycles. The van der Waals surface area contributed by atoms with Crippen molar-refractivity contribution in [3.05, 3.63) is 47.2 Å². The first-order chi connectivity index (χ1) is 12.4. The van der Waals surface area contributed by atoms with Crippen LogP contribution in [-0.2, 0) is 16.6 Å². The molecule has 0 amide bonds. The van der Waals surface area contributed by atoms with Gasteiger partial charge in [-0.25, -0.2) is 13.1 Å². The fourth-order valence-electron chi connectivity index (χ4n) is 3.82. The summed E-state index contributed by atoms with van der Waals surface area (Å²) in [6, 6.07) is 6.68. The topological polar surface area (TPSA) is 84.2 Å². The van der Waals surface area contributed by atoms with E-state index in [2.05, 4.69) is 9.82 Å². The van der Waals surface area contributed by atoms with Crippen LogP contribution in [0.3, 0.4) is 0 Å². The highest BCUT2D eigenvalue weighted by atomic mass is 35.5. The molecular weight excluding hydrogens is 374 g/mol. The van der Waals surface area contributed by atoms with Gasteiger partial charge in [0.05, 0.1) is 22.2 Å². The Morgan fingerprint density at radius 2 is 2.04 bits per heavy atom. The molecule has 0 spiro atoms. The van der Waals surface area contributed by atoms with E-state index in [4.69, 9.17) is 11.6 Å². The van der Waals surface area contributed by atoms with Crippen molar-refractivity contribution >= 4 is 21.6 Å². The van der Waals surface area contributed by atoms with Crippen LogP contribution in [0, 0.1) is 5.92 Å². The average molecular weight is 396 g/mol. The minimum Gasteiger partial charge on any atom is -0.391 e. The van der Waals surface area contributed by atoms with E-state index >= 15 is 0 Å². The predicted molar refractivity (Wildman–Crippen MR) is 98.5 cm³/mol. The molecule has 0 radical (unpaired) electrons. The summed E-state index contributed by atoms with van der Waals surface area (Å²) in [7, 11) is -3.66. The fraction of sp³-hybridized carbons (Fsp3) is 0.500. The predicted octanol–water partition coefficient (Wildman–Crippen LogP) is 2.53. The number of nitrogens with zero attached hydrogens (tertiary/aromatic N) is 2. The molecule has 2 aliphatic rings. The lowest BCUT2D eigenvalue weighted by atomic mass is 10.1. The van der Waals surface area contributed by atoms with Gasteiger partial charge >= 0.3 is 0 Å². The van der Waals surface area contributed by atoms with Crippen molar-refractivity contribution in [3.8, 4) is 0 Å². The van der Waals surface area contributed by atoms with E-state index in [0.29, 0.717) is 35.2 Å². The largest absolute Gasteiger partial charge is 0.391 e. The monoisotopic (exact) mass is 395 g/mol. The second-order valence-electron chi connectivity index (χ2n) is 7.33. The van der Waals surface area contributed by atoms with Crippen LogP contribution in [0.1, 0.15) is 37.2 Å². The zero-order chi connectivity index (χ0) is 18.3. The third-order valence-electron chi connectivity index (χ3n) is 5.21. The van der Waals surface area contributed by atoms with Gasteiger partial charge in [-0.3, -0.25) is 4.68 Å². The Morgan fingerprint density at radius 1 is 1.27 bits per heavy atom. The van der Waals surface area contributed by atoms with Gasteiger partial charge in [-0.05, 0) is 49.1 Å². The molecule has 1 unspecified atom stereocenters. The van der Waals surface area contributed by atoms with Gasteiger partial charge in [0.2, 0.25) is 10.0 Å². The Labute approximate surface area is 158 Å². The quantitative estimate of drug-likeness (QED) is 0.787. The highest BCUT2D eigenvalue weighted by Gasteiger charge is 2.37. The maximum Gasteiger partial charge on any atom is 0.241 e. The zero-order valence-corrected chi connectivity index (χ0v) is 15.8. The molecule has 2 aromatic rings. The molecule has 26 heavy (non-hydrogen) atoms. The third-order valence-corrected chi connectivity index (χ3v) is 6.96. The molecule has 1 aromatic carbocycles. The van der Waals surface area contributed by atoms with Gasteiger partial charge in [0.15, 0.2) is 0 Å². The van der Waals surface area contributed by atoms with Crippen LogP contribution >= 0.6 is 11.6 Å². The molecule has 6 nitrogen and oxygen atoms in total. The van der Waals surface area contributed by atoms with Crippen LogP contribution in [0.15, 0.2) is 41.6 Å². The van der Waals surface area contributed by atoms with Crippen LogP contribution in [0.5, 0.6) is 0 Å². The fourth-order valence-corrected chi connectivity index (χ4v) is 5.55. The first-order valence-electron chi connectivity index (χ1n) is 8.89. The SMILES string of the molecule is O=S(=O)(N[C@@H]1CC(Cn2cc(Cl)cn2)C[C@H]1O)c1ccccc1C1CC1. The van der Waals surface area contributed by atoms with E-state index in [1.54, 1.807) is 29.2 Å². The molecule has 2 saturated carbocycles. The summed E-state index contributed by atoms with van der Waals surface area (Å²) < 4.78 is 30.3. The number of hydrogen-bond donors (Lipinski definition) is 2. The van der Waals surface area contributed by atoms with Crippen molar-refractivity contribution < 1.29 is 13.5 Å². The summed E-state index contributed by atoms with van der Waals surface area (Å²) in [6.07, 6.45) is 5.78. The van der Waals surface area contributed by atoms with Gasteiger partial charge in [-0.15, -0.1) is 0 Å². The summed E-state index contributed by atoms with van der Waals surface area (Å²) in [5.74, 6) is 0.487. The zero-order valence-electron chi connectivity index (χ0n) is 14.3. The van der Waals surface area contributed by atoms with Crippen LogP contribution in [0.25, 0.3) is 0 Å². The second-order valence-corrected chi connectivity index (χ2v) is 9.44.